The monoisotopic (exact) mass is 420 g/mol. The number of nitrogens with zero attached hydrogens (tertiary/aromatic N) is 2. The van der Waals surface area contributed by atoms with Gasteiger partial charge >= 0.3 is 6.09 Å². The Hall–Kier alpha value is -3.19. The standard InChI is InChI=1S/C24H25FN4O2/c25-19-3-1-18(2-4-19)23-21(16-5-9-26-10-6-16)13-22(28-23)17-7-11-29(12-8-17)14-20-15-31-24(30)27-20/h1-6,9-10,13,17,20,28H,7-8,11-12,14-15H2,(H,27,30)/t20-/m1/s1. The van der Waals surface area contributed by atoms with Gasteiger partial charge in [0.15, 0.2) is 0 Å². The number of cyclic esters (lactones) is 1. The first-order valence-corrected chi connectivity index (χ1v) is 10.7. The molecule has 2 aromatic heterocycles. The molecule has 7 heteroatoms. The van der Waals surface area contributed by atoms with Gasteiger partial charge in [-0.05, 0) is 79.5 Å². The minimum Gasteiger partial charge on any atom is -0.447 e. The molecule has 0 unspecified atom stereocenters. The number of hydrogen-bond acceptors (Lipinski definition) is 4. The van der Waals surface area contributed by atoms with Gasteiger partial charge in [-0.2, -0.15) is 0 Å². The third kappa shape index (κ3) is 4.32. The molecular formula is C24H25FN4O2. The van der Waals surface area contributed by atoms with Gasteiger partial charge < -0.3 is 19.9 Å². The van der Waals surface area contributed by atoms with Crippen LogP contribution in [0.3, 0.4) is 0 Å². The second-order valence-corrected chi connectivity index (χ2v) is 8.27. The normalized spacial score (nSPS) is 19.9. The van der Waals surface area contributed by atoms with Crippen molar-refractivity contribution < 1.29 is 13.9 Å². The fourth-order valence-electron chi connectivity index (χ4n) is 4.56. The molecule has 1 atom stereocenters. The molecule has 31 heavy (non-hydrogen) atoms. The van der Waals surface area contributed by atoms with E-state index in [4.69, 9.17) is 4.74 Å². The number of rotatable bonds is 5. The number of carbonyl (C=O) groups is 1. The van der Waals surface area contributed by atoms with Crippen LogP contribution in [0.4, 0.5) is 9.18 Å². The van der Waals surface area contributed by atoms with Gasteiger partial charge in [0.05, 0.1) is 11.7 Å². The summed E-state index contributed by atoms with van der Waals surface area (Å²) in [5.74, 6) is 0.192. The van der Waals surface area contributed by atoms with E-state index in [1.165, 1.54) is 17.8 Å². The minimum absolute atomic E-state index is 0.0814. The molecule has 1 amide bonds. The summed E-state index contributed by atoms with van der Waals surface area (Å²) in [5, 5.41) is 2.85. The van der Waals surface area contributed by atoms with Crippen LogP contribution in [0.1, 0.15) is 24.5 Å². The van der Waals surface area contributed by atoms with Crippen molar-refractivity contribution in [1.82, 2.24) is 20.2 Å². The van der Waals surface area contributed by atoms with Gasteiger partial charge in [-0.25, -0.2) is 9.18 Å². The molecule has 0 saturated carbocycles. The average molecular weight is 420 g/mol. The number of ether oxygens (including phenoxy) is 1. The number of benzene rings is 1. The molecule has 6 nitrogen and oxygen atoms in total. The molecule has 0 aliphatic carbocycles. The Bertz CT molecular complexity index is 1040. The first kappa shape index (κ1) is 19.8. The van der Waals surface area contributed by atoms with E-state index in [0.717, 1.165) is 54.9 Å². The number of likely N-dealkylation sites (tertiary alicyclic amines) is 1. The maximum absolute atomic E-state index is 13.5. The summed E-state index contributed by atoms with van der Waals surface area (Å²) in [4.78, 5) is 21.4. The molecule has 2 aliphatic heterocycles. The van der Waals surface area contributed by atoms with Gasteiger partial charge in [0.1, 0.15) is 12.4 Å². The quantitative estimate of drug-likeness (QED) is 0.650. The average Bonchev–Trinajstić information content (AvgIpc) is 3.42. The predicted octanol–water partition coefficient (Wildman–Crippen LogP) is 4.17. The van der Waals surface area contributed by atoms with Crippen molar-refractivity contribution in [3.63, 3.8) is 0 Å². The second kappa shape index (κ2) is 8.51. The largest absolute Gasteiger partial charge is 0.447 e. The molecule has 4 heterocycles. The van der Waals surface area contributed by atoms with Crippen molar-refractivity contribution in [1.29, 1.82) is 0 Å². The summed E-state index contributed by atoms with van der Waals surface area (Å²) in [6.45, 7) is 3.23. The highest BCUT2D eigenvalue weighted by Gasteiger charge is 2.28. The maximum atomic E-state index is 13.5. The lowest BCUT2D eigenvalue weighted by Crippen LogP contribution is -2.43. The summed E-state index contributed by atoms with van der Waals surface area (Å²) in [6, 6.07) is 12.9. The van der Waals surface area contributed by atoms with E-state index in [1.54, 1.807) is 12.4 Å². The van der Waals surface area contributed by atoms with Crippen LogP contribution < -0.4 is 5.32 Å². The van der Waals surface area contributed by atoms with Crippen molar-refractivity contribution in [2.75, 3.05) is 26.2 Å². The molecule has 160 valence electrons. The third-order valence-electron chi connectivity index (χ3n) is 6.21. The molecular weight excluding hydrogens is 395 g/mol. The first-order valence-electron chi connectivity index (χ1n) is 10.7. The number of carbonyl (C=O) groups excluding carboxylic acids is 1. The fraction of sp³-hybridized carbons (Fsp3) is 0.333. The van der Waals surface area contributed by atoms with E-state index in [1.807, 2.05) is 24.3 Å². The van der Waals surface area contributed by atoms with Gasteiger partial charge in [-0.15, -0.1) is 0 Å². The highest BCUT2D eigenvalue weighted by atomic mass is 19.1. The number of aromatic amines is 1. The number of piperidine rings is 1. The van der Waals surface area contributed by atoms with Gasteiger partial charge in [0, 0.05) is 36.1 Å². The summed E-state index contributed by atoms with van der Waals surface area (Å²) in [6.07, 6.45) is 5.35. The van der Waals surface area contributed by atoms with E-state index >= 15 is 0 Å². The SMILES string of the molecule is O=C1N[C@H](CN2CCC(c3cc(-c4ccncc4)c(-c4ccc(F)cc4)[nH]3)CC2)CO1. The van der Waals surface area contributed by atoms with Crippen LogP contribution in [-0.2, 0) is 4.74 Å². The van der Waals surface area contributed by atoms with E-state index < -0.39 is 0 Å². The number of aromatic nitrogens is 2. The highest BCUT2D eigenvalue weighted by Crippen LogP contribution is 2.37. The van der Waals surface area contributed by atoms with Crippen LogP contribution in [0.5, 0.6) is 0 Å². The summed E-state index contributed by atoms with van der Waals surface area (Å²) < 4.78 is 18.5. The van der Waals surface area contributed by atoms with Crippen LogP contribution in [0.15, 0.2) is 54.9 Å². The minimum atomic E-state index is -0.316. The zero-order valence-corrected chi connectivity index (χ0v) is 17.2. The fourth-order valence-corrected chi connectivity index (χ4v) is 4.56. The van der Waals surface area contributed by atoms with Crippen molar-refractivity contribution in [2.45, 2.75) is 24.8 Å². The summed E-state index contributed by atoms with van der Waals surface area (Å²) >= 11 is 0. The summed E-state index contributed by atoms with van der Waals surface area (Å²) in [7, 11) is 0. The Morgan fingerprint density at radius 1 is 1.06 bits per heavy atom. The van der Waals surface area contributed by atoms with Crippen LogP contribution in [0.2, 0.25) is 0 Å². The molecule has 0 radical (unpaired) electrons. The number of H-pyrrole nitrogens is 1. The first-order chi connectivity index (χ1) is 15.2. The van der Waals surface area contributed by atoms with Crippen LogP contribution >= 0.6 is 0 Å². The molecule has 2 saturated heterocycles. The lowest BCUT2D eigenvalue weighted by Gasteiger charge is -2.32. The Labute approximate surface area is 180 Å². The zero-order chi connectivity index (χ0) is 21.2. The number of amides is 1. The van der Waals surface area contributed by atoms with Gasteiger partial charge in [0.2, 0.25) is 0 Å². The Morgan fingerprint density at radius 2 is 1.81 bits per heavy atom. The van der Waals surface area contributed by atoms with E-state index in [9.17, 15) is 9.18 Å². The molecule has 5 rings (SSSR count). The lowest BCUT2D eigenvalue weighted by atomic mass is 9.92. The molecule has 0 spiro atoms. The van der Waals surface area contributed by atoms with Crippen LogP contribution in [0.25, 0.3) is 22.4 Å². The smallest absolute Gasteiger partial charge is 0.407 e. The number of pyridine rings is 1. The molecule has 2 aliphatic rings. The molecule has 2 N–H and O–H groups in total. The van der Waals surface area contributed by atoms with Crippen molar-refractivity contribution in [2.24, 2.45) is 0 Å². The number of alkyl carbamates (subject to hydrolysis) is 1. The molecule has 3 aromatic rings. The topological polar surface area (TPSA) is 70.2 Å². The molecule has 1 aromatic carbocycles. The van der Waals surface area contributed by atoms with Crippen molar-refractivity contribution in [3.05, 3.63) is 66.4 Å². The van der Waals surface area contributed by atoms with Crippen molar-refractivity contribution >= 4 is 6.09 Å². The third-order valence-corrected chi connectivity index (χ3v) is 6.21. The Kier molecular flexibility index (Phi) is 5.42. The Morgan fingerprint density at radius 3 is 2.48 bits per heavy atom. The number of halogens is 1. The molecule has 0 bridgehead atoms. The predicted molar refractivity (Wildman–Crippen MR) is 116 cm³/mol. The second-order valence-electron chi connectivity index (χ2n) is 8.27. The van der Waals surface area contributed by atoms with E-state index in [0.29, 0.717) is 12.5 Å². The maximum Gasteiger partial charge on any atom is 0.407 e. The number of nitrogens with one attached hydrogen (secondary N) is 2. The molecule has 2 fully saturated rings. The van der Waals surface area contributed by atoms with Gasteiger partial charge in [-0.3, -0.25) is 4.98 Å². The summed E-state index contributed by atoms with van der Waals surface area (Å²) in [5.41, 5.74) is 5.38. The van der Waals surface area contributed by atoms with Gasteiger partial charge in [0.25, 0.3) is 0 Å². The lowest BCUT2D eigenvalue weighted by molar-refractivity contribution is 0.169. The van der Waals surface area contributed by atoms with Crippen molar-refractivity contribution in [3.8, 4) is 22.4 Å². The van der Waals surface area contributed by atoms with Crippen LogP contribution in [-0.4, -0.2) is 53.2 Å². The Balaban J connectivity index is 1.35. The van der Waals surface area contributed by atoms with Crippen LogP contribution in [0, 0.1) is 5.82 Å². The highest BCUT2D eigenvalue weighted by molar-refractivity contribution is 5.82. The number of hydrogen-bond donors (Lipinski definition) is 2. The van der Waals surface area contributed by atoms with E-state index in [-0.39, 0.29) is 18.0 Å². The zero-order valence-electron chi connectivity index (χ0n) is 17.2. The van der Waals surface area contributed by atoms with E-state index in [2.05, 4.69) is 26.3 Å². The van der Waals surface area contributed by atoms with Gasteiger partial charge in [-0.1, -0.05) is 0 Å².